The van der Waals surface area contributed by atoms with Gasteiger partial charge in [0.05, 0.1) is 19.9 Å². The Bertz CT molecular complexity index is 915. The summed E-state index contributed by atoms with van der Waals surface area (Å²) < 4.78 is 11.1. The number of aromatic nitrogens is 2. The first kappa shape index (κ1) is 20.6. The van der Waals surface area contributed by atoms with E-state index in [1.807, 2.05) is 24.3 Å². The zero-order valence-corrected chi connectivity index (χ0v) is 16.7. The first-order valence-corrected chi connectivity index (χ1v) is 9.57. The van der Waals surface area contributed by atoms with Gasteiger partial charge in [0.15, 0.2) is 0 Å². The van der Waals surface area contributed by atoms with E-state index in [0.29, 0.717) is 25.2 Å². The first-order valence-electron chi connectivity index (χ1n) is 9.57. The van der Waals surface area contributed by atoms with Gasteiger partial charge in [-0.05, 0) is 49.1 Å². The number of ether oxygens (including phenoxy) is 2. The lowest BCUT2D eigenvalue weighted by Gasteiger charge is -2.31. The van der Waals surface area contributed by atoms with Crippen LogP contribution in [0.5, 0.6) is 5.75 Å². The Morgan fingerprint density at radius 3 is 2.38 bits per heavy atom. The van der Waals surface area contributed by atoms with Gasteiger partial charge in [-0.3, -0.25) is 14.4 Å². The number of hydrogen-bond donors (Lipinski definition) is 0. The Kier molecular flexibility index (Phi) is 6.64. The predicted molar refractivity (Wildman–Crippen MR) is 106 cm³/mol. The molecule has 0 radical (unpaired) electrons. The number of esters is 1. The molecule has 1 aromatic carbocycles. The lowest BCUT2D eigenvalue weighted by Crippen LogP contribution is -2.42. The van der Waals surface area contributed by atoms with Gasteiger partial charge in [-0.15, -0.1) is 0 Å². The molecule has 1 fully saturated rings. The number of carbonyl (C=O) groups excluding carboxylic acids is 2. The highest BCUT2D eigenvalue weighted by molar-refractivity contribution is 5.76. The van der Waals surface area contributed by atoms with E-state index in [1.54, 1.807) is 18.1 Å². The Morgan fingerprint density at radius 1 is 1.07 bits per heavy atom. The lowest BCUT2D eigenvalue weighted by molar-refractivity contribution is -0.142. The second-order valence-corrected chi connectivity index (χ2v) is 7.05. The van der Waals surface area contributed by atoms with Crippen LogP contribution in [0.1, 0.15) is 19.3 Å². The molecule has 0 aliphatic carbocycles. The van der Waals surface area contributed by atoms with Gasteiger partial charge < -0.3 is 14.4 Å². The largest absolute Gasteiger partial charge is 0.497 e. The van der Waals surface area contributed by atoms with Crippen LogP contribution in [0.4, 0.5) is 0 Å². The van der Waals surface area contributed by atoms with Crippen LogP contribution in [0, 0.1) is 5.92 Å². The van der Waals surface area contributed by atoms with E-state index in [1.165, 1.54) is 17.9 Å². The summed E-state index contributed by atoms with van der Waals surface area (Å²) in [5.41, 5.74) is 1.11. The van der Waals surface area contributed by atoms with Gasteiger partial charge in [0.2, 0.25) is 5.91 Å². The number of nitrogens with zero attached hydrogens (tertiary/aromatic N) is 3. The molecule has 0 saturated carbocycles. The number of benzene rings is 1. The fourth-order valence-electron chi connectivity index (χ4n) is 3.41. The molecule has 0 bridgehead atoms. The van der Waals surface area contributed by atoms with Crippen LogP contribution in [0.3, 0.4) is 0 Å². The second kappa shape index (κ2) is 9.36. The zero-order valence-electron chi connectivity index (χ0n) is 16.7. The molecule has 2 aromatic rings. The molecular formula is C21H25N3O5. The topological polar surface area (TPSA) is 90.7 Å². The summed E-state index contributed by atoms with van der Waals surface area (Å²) in [6.07, 6.45) is 1.87. The monoisotopic (exact) mass is 399 g/mol. The van der Waals surface area contributed by atoms with Gasteiger partial charge in [0.1, 0.15) is 12.3 Å². The number of rotatable bonds is 6. The van der Waals surface area contributed by atoms with Gasteiger partial charge in [0, 0.05) is 31.1 Å². The van der Waals surface area contributed by atoms with Gasteiger partial charge in [-0.25, -0.2) is 4.68 Å². The van der Waals surface area contributed by atoms with Crippen molar-refractivity contribution in [2.45, 2.75) is 25.8 Å². The number of hydrogen-bond acceptors (Lipinski definition) is 6. The highest BCUT2D eigenvalue weighted by atomic mass is 16.5. The number of methoxy groups -OCH3 is 2. The first-order chi connectivity index (χ1) is 14.0. The van der Waals surface area contributed by atoms with Gasteiger partial charge in [-0.1, -0.05) is 0 Å². The van der Waals surface area contributed by atoms with Crippen molar-refractivity contribution in [3.8, 4) is 17.0 Å². The minimum Gasteiger partial charge on any atom is -0.497 e. The van der Waals surface area contributed by atoms with Gasteiger partial charge in [-0.2, -0.15) is 5.10 Å². The molecule has 29 heavy (non-hydrogen) atoms. The molecule has 1 saturated heterocycles. The Balaban J connectivity index is 1.64. The maximum atomic E-state index is 12.7. The molecule has 0 spiro atoms. The van der Waals surface area contributed by atoms with E-state index in [2.05, 4.69) is 5.10 Å². The molecule has 0 unspecified atom stereocenters. The van der Waals surface area contributed by atoms with Crippen LogP contribution in [0.15, 0.2) is 41.2 Å². The van der Waals surface area contributed by atoms with E-state index in [4.69, 9.17) is 9.47 Å². The van der Waals surface area contributed by atoms with Crippen LogP contribution in [0.2, 0.25) is 0 Å². The van der Waals surface area contributed by atoms with Crippen molar-refractivity contribution in [1.29, 1.82) is 0 Å². The van der Waals surface area contributed by atoms with Crippen LogP contribution in [-0.2, 0) is 20.9 Å². The Labute approximate surface area is 169 Å². The zero-order chi connectivity index (χ0) is 20.8. The number of piperidine rings is 1. The molecular weight excluding hydrogens is 374 g/mol. The van der Waals surface area contributed by atoms with Gasteiger partial charge in [0.25, 0.3) is 5.56 Å². The maximum Gasteiger partial charge on any atom is 0.305 e. The van der Waals surface area contributed by atoms with Crippen molar-refractivity contribution in [1.82, 2.24) is 14.7 Å². The summed E-state index contributed by atoms with van der Waals surface area (Å²) in [5, 5.41) is 4.35. The molecule has 8 heteroatoms. The summed E-state index contributed by atoms with van der Waals surface area (Å²) in [7, 11) is 2.98. The summed E-state index contributed by atoms with van der Waals surface area (Å²) in [6, 6.07) is 10.4. The third-order valence-electron chi connectivity index (χ3n) is 5.19. The molecule has 1 aliphatic heterocycles. The molecule has 154 valence electrons. The Hall–Kier alpha value is -3.16. The second-order valence-electron chi connectivity index (χ2n) is 7.05. The maximum absolute atomic E-state index is 12.7. The molecule has 0 atom stereocenters. The highest BCUT2D eigenvalue weighted by Gasteiger charge is 2.25. The van der Waals surface area contributed by atoms with E-state index in [-0.39, 0.29) is 29.9 Å². The van der Waals surface area contributed by atoms with Crippen LogP contribution >= 0.6 is 0 Å². The van der Waals surface area contributed by atoms with Gasteiger partial charge >= 0.3 is 5.97 Å². The van der Waals surface area contributed by atoms with Crippen molar-refractivity contribution in [2.24, 2.45) is 5.92 Å². The molecule has 0 N–H and O–H groups in total. The van der Waals surface area contributed by atoms with Crippen LogP contribution in [0.25, 0.3) is 11.3 Å². The lowest BCUT2D eigenvalue weighted by atomic mass is 9.93. The third-order valence-corrected chi connectivity index (χ3v) is 5.19. The number of likely N-dealkylation sites (tertiary alicyclic amines) is 1. The van der Waals surface area contributed by atoms with E-state index < -0.39 is 0 Å². The van der Waals surface area contributed by atoms with Crippen molar-refractivity contribution < 1.29 is 19.1 Å². The molecule has 8 nitrogen and oxygen atoms in total. The van der Waals surface area contributed by atoms with Crippen molar-refractivity contribution >= 4 is 11.9 Å². The average Bonchev–Trinajstić information content (AvgIpc) is 2.75. The van der Waals surface area contributed by atoms with Crippen molar-refractivity contribution in [3.63, 3.8) is 0 Å². The molecule has 1 aliphatic rings. The average molecular weight is 399 g/mol. The number of amides is 1. The summed E-state index contributed by atoms with van der Waals surface area (Å²) >= 11 is 0. The predicted octanol–water partition coefficient (Wildman–Crippen LogP) is 1.72. The highest BCUT2D eigenvalue weighted by Crippen LogP contribution is 2.22. The van der Waals surface area contributed by atoms with E-state index in [0.717, 1.165) is 24.2 Å². The number of carbonyl (C=O) groups is 2. The minimum absolute atomic E-state index is 0.107. The molecule has 2 heterocycles. The Morgan fingerprint density at radius 2 is 1.76 bits per heavy atom. The summed E-state index contributed by atoms with van der Waals surface area (Å²) in [6.45, 7) is 1.02. The molecule has 1 amide bonds. The molecule has 1 aromatic heterocycles. The fourth-order valence-corrected chi connectivity index (χ4v) is 3.41. The van der Waals surface area contributed by atoms with E-state index in [9.17, 15) is 14.4 Å². The summed E-state index contributed by atoms with van der Waals surface area (Å²) in [4.78, 5) is 38.0. The minimum atomic E-state index is -0.323. The van der Waals surface area contributed by atoms with Crippen LogP contribution < -0.4 is 10.3 Å². The standard InChI is InChI=1S/C21H25N3O5/c1-28-17-5-3-16(4-6-17)18-7-8-19(25)24(22-18)14-20(26)23-11-9-15(10-12-23)13-21(27)29-2/h3-8,15H,9-14H2,1-2H3. The fraction of sp³-hybridized carbons (Fsp3) is 0.429. The smallest absolute Gasteiger partial charge is 0.305 e. The van der Waals surface area contributed by atoms with E-state index >= 15 is 0 Å². The SMILES string of the molecule is COC(=O)CC1CCN(C(=O)Cn2nc(-c3ccc(OC)cc3)ccc2=O)CC1. The van der Waals surface area contributed by atoms with Crippen LogP contribution in [-0.4, -0.2) is 53.9 Å². The van der Waals surface area contributed by atoms with Crippen molar-refractivity contribution in [3.05, 3.63) is 46.8 Å². The molecule has 3 rings (SSSR count). The summed E-state index contributed by atoms with van der Waals surface area (Å²) in [5.74, 6) is 0.586. The third kappa shape index (κ3) is 5.22. The normalized spacial score (nSPS) is 14.5. The van der Waals surface area contributed by atoms with Crippen molar-refractivity contribution in [2.75, 3.05) is 27.3 Å². The quantitative estimate of drug-likeness (QED) is 0.687.